The van der Waals surface area contributed by atoms with Crippen LogP contribution in [0.5, 0.6) is 5.75 Å². The lowest BCUT2D eigenvalue weighted by molar-refractivity contribution is 0.369. The number of aliphatic hydroxyl groups excluding tert-OH is 1. The topological polar surface area (TPSA) is 200 Å². The molecule has 230 valence electrons. The molecule has 1 fully saturated rings. The Morgan fingerprint density at radius 1 is 1.14 bits per heavy atom. The zero-order valence-corrected chi connectivity index (χ0v) is 26.0. The molecule has 4 N–H and O–H groups in total. The maximum atomic E-state index is 12.0. The van der Waals surface area contributed by atoms with Gasteiger partial charge in [-0.1, -0.05) is 12.1 Å². The van der Waals surface area contributed by atoms with Gasteiger partial charge in [0.05, 0.1) is 29.1 Å². The summed E-state index contributed by atoms with van der Waals surface area (Å²) in [5, 5.41) is 22.8. The van der Waals surface area contributed by atoms with Gasteiger partial charge in [-0.2, -0.15) is 27.1 Å². The van der Waals surface area contributed by atoms with E-state index in [1.54, 1.807) is 19.1 Å². The first-order valence-corrected chi connectivity index (χ1v) is 16.8. The summed E-state index contributed by atoms with van der Waals surface area (Å²) in [6.07, 6.45) is 2.62. The first-order valence-electron chi connectivity index (χ1n) is 13.1. The van der Waals surface area contributed by atoms with Crippen LogP contribution in [0.15, 0.2) is 61.8 Å². The number of anilines is 1. The molecule has 0 spiro atoms. The second-order valence-corrected chi connectivity index (χ2v) is 14.1. The minimum Gasteiger partial charge on any atom is -0.511 e. The number of fused-ring (bicyclic) bond motifs is 1. The van der Waals surface area contributed by atoms with Crippen molar-refractivity contribution < 1.29 is 40.5 Å². The number of benzene rings is 2. The van der Waals surface area contributed by atoms with Crippen LogP contribution in [0.4, 0.5) is 5.69 Å². The van der Waals surface area contributed by atoms with E-state index in [9.17, 15) is 31.0 Å². The SMILES string of the molecule is COc1cc(S(=O)(=O)O)c(C)cc1NC1OC1C(/N=N/C1CC=C(c2nc3ccc(C)c(S(=O)(=O)O)c3s2)CC1)=C(/C)O. The summed E-state index contributed by atoms with van der Waals surface area (Å²) in [7, 11) is -7.46. The van der Waals surface area contributed by atoms with Crippen LogP contribution in [0.3, 0.4) is 0 Å². The molecular weight excluding hydrogens is 621 g/mol. The average molecular weight is 651 g/mol. The molecule has 2 aliphatic rings. The predicted octanol–water partition coefficient (Wildman–Crippen LogP) is 5.43. The summed E-state index contributed by atoms with van der Waals surface area (Å²) < 4.78 is 77.7. The van der Waals surface area contributed by atoms with E-state index in [2.05, 4.69) is 20.5 Å². The molecule has 2 heterocycles. The van der Waals surface area contributed by atoms with Crippen LogP contribution in [0.2, 0.25) is 0 Å². The summed E-state index contributed by atoms with van der Waals surface area (Å²) >= 11 is 1.23. The highest BCUT2D eigenvalue weighted by Crippen LogP contribution is 2.39. The van der Waals surface area contributed by atoms with E-state index in [4.69, 9.17) is 9.47 Å². The van der Waals surface area contributed by atoms with Crippen molar-refractivity contribution in [1.29, 1.82) is 0 Å². The molecule has 1 aliphatic carbocycles. The minimum absolute atomic E-state index is 0.0608. The van der Waals surface area contributed by atoms with Crippen LogP contribution in [-0.2, 0) is 25.0 Å². The van der Waals surface area contributed by atoms with Gasteiger partial charge in [-0.25, -0.2) is 4.98 Å². The monoisotopic (exact) mass is 650 g/mol. The number of nitrogens with zero attached hydrogens (tertiary/aromatic N) is 3. The number of allylic oxidation sites excluding steroid dienone is 2. The number of aliphatic hydroxyl groups is 1. The summed E-state index contributed by atoms with van der Waals surface area (Å²) in [5.74, 6) is 0.122. The van der Waals surface area contributed by atoms with E-state index < -0.39 is 32.6 Å². The Bertz CT molecular complexity index is 1910. The molecule has 0 bridgehead atoms. The van der Waals surface area contributed by atoms with Crippen molar-refractivity contribution in [1.82, 2.24) is 4.98 Å². The van der Waals surface area contributed by atoms with Crippen LogP contribution in [0, 0.1) is 13.8 Å². The van der Waals surface area contributed by atoms with Crippen LogP contribution >= 0.6 is 11.3 Å². The molecular formula is C27H30N4O9S3. The van der Waals surface area contributed by atoms with Gasteiger partial charge in [0.2, 0.25) is 0 Å². The number of rotatable bonds is 9. The average Bonchev–Trinajstić information content (AvgIpc) is 3.52. The minimum atomic E-state index is -4.43. The molecule has 13 nitrogen and oxygen atoms in total. The maximum absolute atomic E-state index is 12.0. The number of methoxy groups -OCH3 is 1. The fourth-order valence-corrected chi connectivity index (χ4v) is 8.04. The van der Waals surface area contributed by atoms with Gasteiger partial charge in [0.25, 0.3) is 20.2 Å². The smallest absolute Gasteiger partial charge is 0.296 e. The maximum Gasteiger partial charge on any atom is 0.296 e. The summed E-state index contributed by atoms with van der Waals surface area (Å²) in [5.41, 5.74) is 2.90. The lowest BCUT2D eigenvalue weighted by Crippen LogP contribution is -2.12. The lowest BCUT2D eigenvalue weighted by atomic mass is 9.96. The molecule has 3 atom stereocenters. The number of ether oxygens (including phenoxy) is 2. The molecule has 2 aromatic carbocycles. The molecule has 43 heavy (non-hydrogen) atoms. The predicted molar refractivity (Wildman–Crippen MR) is 160 cm³/mol. The van der Waals surface area contributed by atoms with E-state index in [0.717, 1.165) is 5.57 Å². The van der Waals surface area contributed by atoms with Crippen molar-refractivity contribution in [2.75, 3.05) is 12.4 Å². The molecule has 1 saturated heterocycles. The van der Waals surface area contributed by atoms with Crippen LogP contribution in [-0.4, -0.2) is 61.5 Å². The second kappa shape index (κ2) is 11.6. The fourth-order valence-electron chi connectivity index (χ4n) is 4.94. The Kier molecular flexibility index (Phi) is 8.36. The Balaban J connectivity index is 1.27. The van der Waals surface area contributed by atoms with Gasteiger partial charge in [0.1, 0.15) is 32.0 Å². The molecule has 1 aliphatic heterocycles. The third-order valence-electron chi connectivity index (χ3n) is 7.16. The molecule has 3 unspecified atom stereocenters. The van der Waals surface area contributed by atoms with Crippen molar-refractivity contribution in [2.45, 2.75) is 68.2 Å². The van der Waals surface area contributed by atoms with E-state index in [0.29, 0.717) is 51.3 Å². The number of hydrogen-bond acceptors (Lipinski definition) is 12. The van der Waals surface area contributed by atoms with E-state index in [1.165, 1.54) is 44.4 Å². The number of epoxide rings is 1. The lowest BCUT2D eigenvalue weighted by Gasteiger charge is -2.16. The summed E-state index contributed by atoms with van der Waals surface area (Å²) in [4.78, 5) is 4.20. The van der Waals surface area contributed by atoms with Crippen LogP contribution in [0.1, 0.15) is 42.3 Å². The zero-order valence-electron chi connectivity index (χ0n) is 23.6. The summed E-state index contributed by atoms with van der Waals surface area (Å²) in [6, 6.07) is 5.92. The third-order valence-corrected chi connectivity index (χ3v) is 10.5. The Hall–Kier alpha value is -3.41. The van der Waals surface area contributed by atoms with Gasteiger partial charge in [-0.15, -0.1) is 11.3 Å². The largest absolute Gasteiger partial charge is 0.511 e. The van der Waals surface area contributed by atoms with Gasteiger partial charge >= 0.3 is 0 Å². The molecule has 1 aromatic heterocycles. The number of aromatic nitrogens is 1. The quantitative estimate of drug-likeness (QED) is 0.0996. The van der Waals surface area contributed by atoms with Gasteiger partial charge in [0.15, 0.2) is 12.3 Å². The molecule has 0 saturated carbocycles. The Labute approximate surface area is 252 Å². The second-order valence-electron chi connectivity index (χ2n) is 10.3. The number of azo groups is 1. The van der Waals surface area contributed by atoms with Crippen molar-refractivity contribution in [3.05, 3.63) is 57.9 Å². The van der Waals surface area contributed by atoms with Crippen molar-refractivity contribution in [2.24, 2.45) is 10.2 Å². The normalized spacial score (nSPS) is 21.5. The zero-order chi connectivity index (χ0) is 31.3. The Morgan fingerprint density at radius 3 is 2.49 bits per heavy atom. The van der Waals surface area contributed by atoms with E-state index >= 15 is 0 Å². The van der Waals surface area contributed by atoms with Crippen LogP contribution in [0.25, 0.3) is 15.8 Å². The molecule has 16 heteroatoms. The van der Waals surface area contributed by atoms with Gasteiger partial charge in [0, 0.05) is 6.07 Å². The molecule has 3 aromatic rings. The van der Waals surface area contributed by atoms with Gasteiger partial charge < -0.3 is 19.9 Å². The highest BCUT2D eigenvalue weighted by Gasteiger charge is 2.44. The van der Waals surface area contributed by atoms with E-state index in [1.807, 2.05) is 6.08 Å². The first-order chi connectivity index (χ1) is 20.2. The number of aryl methyl sites for hydroxylation is 2. The molecule has 0 amide bonds. The highest BCUT2D eigenvalue weighted by atomic mass is 32.2. The Morgan fingerprint density at radius 2 is 1.88 bits per heavy atom. The highest BCUT2D eigenvalue weighted by molar-refractivity contribution is 7.86. The van der Waals surface area contributed by atoms with Gasteiger partial charge in [-0.05, 0) is 68.9 Å². The van der Waals surface area contributed by atoms with Gasteiger partial charge in [-0.3, -0.25) is 9.11 Å². The number of nitrogens with one attached hydrogen (secondary N) is 1. The molecule has 0 radical (unpaired) electrons. The summed E-state index contributed by atoms with van der Waals surface area (Å²) in [6.45, 7) is 4.64. The third kappa shape index (κ3) is 6.58. The standard InChI is InChI=1S/C27H30N4O9S3/c1-13-5-10-18-24(25(13)43(36,37)38)41-27(29-18)16-6-8-17(9-7-16)30-31-22(15(3)32)23-26(40-23)28-19-11-14(2)21(42(33,34)35)12-20(19)39-4/h5-6,10-12,17,23,26,28,32H,7-9H2,1-4H3,(H,33,34,35)(H,36,37,38)/b22-15+,31-30+. The van der Waals surface area contributed by atoms with Crippen molar-refractivity contribution >= 4 is 53.1 Å². The van der Waals surface area contributed by atoms with Crippen molar-refractivity contribution in [3.63, 3.8) is 0 Å². The first kappa shape index (κ1) is 31.0. The van der Waals surface area contributed by atoms with Crippen LogP contribution < -0.4 is 10.1 Å². The number of thiazole rings is 1. The fraction of sp³-hybridized carbons (Fsp3) is 0.370. The number of hydrogen-bond donors (Lipinski definition) is 4. The van der Waals surface area contributed by atoms with Crippen molar-refractivity contribution in [3.8, 4) is 5.75 Å². The van der Waals surface area contributed by atoms with E-state index in [-0.39, 0.29) is 33.0 Å². The molecule has 5 rings (SSSR count).